The number of carbonyl (C=O) groups excluding carboxylic acids is 2. The molecule has 106 valence electrons. The Labute approximate surface area is 115 Å². The summed E-state index contributed by atoms with van der Waals surface area (Å²) >= 11 is 0. The molecule has 0 saturated heterocycles. The van der Waals surface area contributed by atoms with Crippen LogP contribution < -0.4 is 10.6 Å². The molecule has 0 aromatic carbocycles. The predicted molar refractivity (Wildman–Crippen MR) is 72.2 cm³/mol. The average molecular weight is 276 g/mol. The van der Waals surface area contributed by atoms with Crippen LogP contribution in [-0.2, 0) is 4.79 Å². The summed E-state index contributed by atoms with van der Waals surface area (Å²) in [6.45, 7) is 0.297. The van der Waals surface area contributed by atoms with Crippen LogP contribution >= 0.6 is 0 Å². The molecule has 0 spiro atoms. The van der Waals surface area contributed by atoms with Gasteiger partial charge in [-0.15, -0.1) is 0 Å². The molecule has 2 aromatic heterocycles. The number of aliphatic hydroxyl groups excluding tert-OH is 1. The third-order valence-corrected chi connectivity index (χ3v) is 2.67. The highest BCUT2D eigenvalue weighted by Gasteiger charge is 2.11. The van der Waals surface area contributed by atoms with Crippen molar-refractivity contribution in [1.82, 2.24) is 20.2 Å². The summed E-state index contributed by atoms with van der Waals surface area (Å²) in [5.74, 6) is -0.693. The molecular weight excluding hydrogens is 260 g/mol. The van der Waals surface area contributed by atoms with Crippen molar-refractivity contribution in [2.75, 3.05) is 19.7 Å². The van der Waals surface area contributed by atoms with Gasteiger partial charge in [0.2, 0.25) is 5.91 Å². The summed E-state index contributed by atoms with van der Waals surface area (Å²) in [5.41, 5.74) is 1.07. The number of hydrogen-bond acceptors (Lipinski definition) is 4. The Balaban J connectivity index is 1.87. The van der Waals surface area contributed by atoms with E-state index in [1.807, 2.05) is 18.2 Å². The second-order valence-corrected chi connectivity index (χ2v) is 4.21. The lowest BCUT2D eigenvalue weighted by atomic mass is 10.3. The van der Waals surface area contributed by atoms with Gasteiger partial charge in [0, 0.05) is 19.3 Å². The highest BCUT2D eigenvalue weighted by molar-refractivity contribution is 5.95. The summed E-state index contributed by atoms with van der Waals surface area (Å²) in [7, 11) is 0. The fourth-order valence-corrected chi connectivity index (χ4v) is 1.67. The summed E-state index contributed by atoms with van der Waals surface area (Å²) in [6, 6.07) is 7.16. The van der Waals surface area contributed by atoms with E-state index >= 15 is 0 Å². The lowest BCUT2D eigenvalue weighted by molar-refractivity contribution is -0.120. The number of amides is 2. The Bertz CT molecular complexity index is 575. The number of nitrogens with zero attached hydrogens (tertiary/aromatic N) is 2. The van der Waals surface area contributed by atoms with Gasteiger partial charge in [-0.05, 0) is 24.6 Å². The normalized spacial score (nSPS) is 10.4. The van der Waals surface area contributed by atoms with E-state index < -0.39 is 5.91 Å². The largest absolute Gasteiger partial charge is 0.396 e. The van der Waals surface area contributed by atoms with E-state index in [1.165, 1.54) is 0 Å². The molecule has 0 aliphatic carbocycles. The van der Waals surface area contributed by atoms with Crippen LogP contribution in [0.3, 0.4) is 0 Å². The molecule has 7 nitrogen and oxygen atoms in total. The van der Waals surface area contributed by atoms with Crippen LogP contribution in [0.4, 0.5) is 0 Å². The number of carbonyl (C=O) groups is 2. The fourth-order valence-electron chi connectivity index (χ4n) is 1.67. The predicted octanol–water partition coefficient (Wildman–Crippen LogP) is -0.437. The van der Waals surface area contributed by atoms with Gasteiger partial charge in [0.15, 0.2) is 5.69 Å². The van der Waals surface area contributed by atoms with Crippen LogP contribution in [-0.4, -0.2) is 46.2 Å². The monoisotopic (exact) mass is 276 g/mol. The summed E-state index contributed by atoms with van der Waals surface area (Å²) in [5, 5.41) is 17.8. The zero-order chi connectivity index (χ0) is 14.4. The minimum Gasteiger partial charge on any atom is -0.396 e. The molecular formula is C13H16N4O3. The quantitative estimate of drug-likeness (QED) is 0.623. The molecule has 0 aliphatic rings. The lowest BCUT2D eigenvalue weighted by Gasteiger charge is -2.04. The van der Waals surface area contributed by atoms with Gasteiger partial charge in [-0.25, -0.2) is 4.52 Å². The molecule has 0 saturated carbocycles. The van der Waals surface area contributed by atoms with Crippen molar-refractivity contribution in [2.24, 2.45) is 0 Å². The van der Waals surface area contributed by atoms with E-state index in [4.69, 9.17) is 5.11 Å². The van der Waals surface area contributed by atoms with Gasteiger partial charge < -0.3 is 15.7 Å². The van der Waals surface area contributed by atoms with E-state index in [9.17, 15) is 9.59 Å². The molecule has 0 unspecified atom stereocenters. The highest BCUT2D eigenvalue weighted by atomic mass is 16.3. The first-order chi connectivity index (χ1) is 9.70. The second kappa shape index (κ2) is 6.67. The first-order valence-corrected chi connectivity index (χ1v) is 6.31. The third kappa shape index (κ3) is 3.55. The van der Waals surface area contributed by atoms with Gasteiger partial charge in [-0.2, -0.15) is 5.10 Å². The zero-order valence-electron chi connectivity index (χ0n) is 10.9. The van der Waals surface area contributed by atoms with E-state index in [1.54, 1.807) is 16.8 Å². The van der Waals surface area contributed by atoms with Crippen LogP contribution in [0.25, 0.3) is 5.52 Å². The van der Waals surface area contributed by atoms with Crippen LogP contribution in [0.5, 0.6) is 0 Å². The Hall–Kier alpha value is -2.41. The van der Waals surface area contributed by atoms with Gasteiger partial charge in [0.25, 0.3) is 5.91 Å². The number of fused-ring (bicyclic) bond motifs is 1. The maximum absolute atomic E-state index is 11.8. The number of rotatable bonds is 6. The molecule has 3 N–H and O–H groups in total. The standard InChI is InChI=1S/C13H16N4O3/c18-7-3-5-14-12(19)9-15-13(20)11-8-10-4-1-2-6-17(10)16-11/h1-2,4,6,8,18H,3,5,7,9H2,(H,14,19)(H,15,20). The first kappa shape index (κ1) is 14.0. The van der Waals surface area contributed by atoms with Crippen LogP contribution in [0.1, 0.15) is 16.9 Å². The maximum atomic E-state index is 11.8. The topological polar surface area (TPSA) is 95.7 Å². The number of nitrogens with one attached hydrogen (secondary N) is 2. The average Bonchev–Trinajstić information content (AvgIpc) is 2.89. The van der Waals surface area contributed by atoms with E-state index in [2.05, 4.69) is 15.7 Å². The molecule has 20 heavy (non-hydrogen) atoms. The van der Waals surface area contributed by atoms with Crippen molar-refractivity contribution in [3.05, 3.63) is 36.2 Å². The molecule has 0 atom stereocenters. The molecule has 2 aromatic rings. The van der Waals surface area contributed by atoms with Gasteiger partial charge >= 0.3 is 0 Å². The Kier molecular flexibility index (Phi) is 4.67. The van der Waals surface area contributed by atoms with Crippen molar-refractivity contribution in [1.29, 1.82) is 0 Å². The minimum absolute atomic E-state index is 0.0217. The van der Waals surface area contributed by atoms with Crippen molar-refractivity contribution >= 4 is 17.3 Å². The third-order valence-electron chi connectivity index (χ3n) is 2.67. The van der Waals surface area contributed by atoms with E-state index in [0.29, 0.717) is 13.0 Å². The van der Waals surface area contributed by atoms with Gasteiger partial charge in [-0.3, -0.25) is 9.59 Å². The van der Waals surface area contributed by atoms with Gasteiger partial charge in [0.1, 0.15) is 0 Å². The van der Waals surface area contributed by atoms with Gasteiger partial charge in [0.05, 0.1) is 12.1 Å². The lowest BCUT2D eigenvalue weighted by Crippen LogP contribution is -2.37. The van der Waals surface area contributed by atoms with Crippen LogP contribution in [0.2, 0.25) is 0 Å². The molecule has 7 heteroatoms. The number of aromatic nitrogens is 2. The number of pyridine rings is 1. The summed E-state index contributed by atoms with van der Waals surface area (Å²) in [4.78, 5) is 23.2. The van der Waals surface area contributed by atoms with Crippen molar-refractivity contribution in [3.8, 4) is 0 Å². The zero-order valence-corrected chi connectivity index (χ0v) is 10.9. The SMILES string of the molecule is O=C(CNC(=O)c1cc2ccccn2n1)NCCCO. The number of hydrogen-bond donors (Lipinski definition) is 3. The van der Waals surface area contributed by atoms with Crippen molar-refractivity contribution in [3.63, 3.8) is 0 Å². The van der Waals surface area contributed by atoms with Crippen LogP contribution in [0, 0.1) is 0 Å². The summed E-state index contributed by atoms with van der Waals surface area (Å²) in [6.07, 6.45) is 2.24. The van der Waals surface area contributed by atoms with Crippen molar-refractivity contribution < 1.29 is 14.7 Å². The molecule has 2 rings (SSSR count). The molecule has 0 radical (unpaired) electrons. The van der Waals surface area contributed by atoms with E-state index in [-0.39, 0.29) is 24.8 Å². The molecule has 2 heterocycles. The Morgan fingerprint density at radius 3 is 2.90 bits per heavy atom. The smallest absolute Gasteiger partial charge is 0.272 e. The molecule has 0 fully saturated rings. The maximum Gasteiger partial charge on any atom is 0.272 e. The van der Waals surface area contributed by atoms with Gasteiger partial charge in [-0.1, -0.05) is 6.07 Å². The summed E-state index contributed by atoms with van der Waals surface area (Å²) < 4.78 is 1.59. The second-order valence-electron chi connectivity index (χ2n) is 4.21. The highest BCUT2D eigenvalue weighted by Crippen LogP contribution is 2.05. The van der Waals surface area contributed by atoms with Crippen molar-refractivity contribution in [2.45, 2.75) is 6.42 Å². The van der Waals surface area contributed by atoms with E-state index in [0.717, 1.165) is 5.52 Å². The molecule has 0 aliphatic heterocycles. The number of aliphatic hydroxyl groups is 1. The first-order valence-electron chi connectivity index (χ1n) is 6.31. The Morgan fingerprint density at radius 1 is 1.30 bits per heavy atom. The van der Waals surface area contributed by atoms with Crippen LogP contribution in [0.15, 0.2) is 30.5 Å². The molecule has 2 amide bonds. The molecule has 0 bridgehead atoms. The Morgan fingerprint density at radius 2 is 2.15 bits per heavy atom. The minimum atomic E-state index is -0.397. The fraction of sp³-hybridized carbons (Fsp3) is 0.308.